The number of hydrogen-bond acceptors (Lipinski definition) is 8. The van der Waals surface area contributed by atoms with Gasteiger partial charge in [0.05, 0.1) is 18.1 Å². The Bertz CT molecular complexity index is 1350. The van der Waals surface area contributed by atoms with Gasteiger partial charge >= 0.3 is 0 Å². The van der Waals surface area contributed by atoms with Crippen LogP contribution in [0.4, 0.5) is 26.1 Å². The third-order valence-electron chi connectivity index (χ3n) is 6.35. The van der Waals surface area contributed by atoms with E-state index in [9.17, 15) is 8.78 Å². The van der Waals surface area contributed by atoms with Crippen LogP contribution in [0, 0.1) is 17.6 Å². The van der Waals surface area contributed by atoms with Gasteiger partial charge in [-0.2, -0.15) is 5.10 Å². The van der Waals surface area contributed by atoms with Gasteiger partial charge in [-0.25, -0.2) is 28.4 Å². The van der Waals surface area contributed by atoms with E-state index in [1.165, 1.54) is 16.8 Å². The number of pyridine rings is 1. The van der Waals surface area contributed by atoms with Crippen LogP contribution >= 0.6 is 0 Å². The van der Waals surface area contributed by atoms with E-state index in [2.05, 4.69) is 32.3 Å². The normalized spacial score (nSPS) is 15.4. The number of hydrogen-bond donors (Lipinski definition) is 3. The number of halogens is 2. The van der Waals surface area contributed by atoms with E-state index in [0.717, 1.165) is 32.3 Å². The van der Waals surface area contributed by atoms with Crippen molar-refractivity contribution in [1.82, 2.24) is 24.7 Å². The Kier molecular flexibility index (Phi) is 6.16. The third-order valence-corrected chi connectivity index (χ3v) is 6.35. The molecule has 1 fully saturated rings. The molecule has 1 saturated heterocycles. The second-order valence-electron chi connectivity index (χ2n) is 8.70. The summed E-state index contributed by atoms with van der Waals surface area (Å²) >= 11 is 0. The van der Waals surface area contributed by atoms with Crippen LogP contribution in [0.1, 0.15) is 25.3 Å². The van der Waals surface area contributed by atoms with Crippen molar-refractivity contribution in [2.24, 2.45) is 5.92 Å². The van der Waals surface area contributed by atoms with Gasteiger partial charge in [-0.15, -0.1) is 0 Å². The molecule has 11 heteroatoms. The average molecular weight is 481 g/mol. The molecular weight excluding hydrogens is 454 g/mol. The van der Waals surface area contributed by atoms with Crippen LogP contribution < -0.4 is 16.8 Å². The Morgan fingerprint density at radius 1 is 1.14 bits per heavy atom. The van der Waals surface area contributed by atoms with Gasteiger partial charge in [-0.1, -0.05) is 18.2 Å². The molecule has 1 aliphatic heterocycles. The van der Waals surface area contributed by atoms with Gasteiger partial charge in [0.15, 0.2) is 23.1 Å². The van der Waals surface area contributed by atoms with Crippen LogP contribution in [-0.2, 0) is 11.3 Å². The van der Waals surface area contributed by atoms with Gasteiger partial charge in [0.2, 0.25) is 0 Å². The molecule has 0 radical (unpaired) electrons. The number of nitrogen functional groups attached to an aromatic ring is 2. The lowest BCUT2D eigenvalue weighted by atomic mass is 9.93. The predicted octanol–water partition coefficient (Wildman–Crippen LogP) is 3.61. The molecule has 5 rings (SSSR count). The Hall–Kier alpha value is -3.86. The molecule has 182 valence electrons. The molecular formula is C24H26F2N8O. The molecule has 1 aliphatic rings. The van der Waals surface area contributed by atoms with Crippen LogP contribution in [0.15, 0.2) is 36.5 Å². The summed E-state index contributed by atoms with van der Waals surface area (Å²) in [4.78, 5) is 13.0. The monoisotopic (exact) mass is 480 g/mol. The molecule has 4 aromatic rings. The van der Waals surface area contributed by atoms with E-state index in [-0.39, 0.29) is 41.6 Å². The lowest BCUT2D eigenvalue weighted by Gasteiger charge is -2.29. The smallest absolute Gasteiger partial charge is 0.184 e. The van der Waals surface area contributed by atoms with E-state index in [1.54, 1.807) is 18.2 Å². The third kappa shape index (κ3) is 4.59. The van der Waals surface area contributed by atoms with E-state index < -0.39 is 5.82 Å². The zero-order valence-corrected chi connectivity index (χ0v) is 19.2. The van der Waals surface area contributed by atoms with Crippen LogP contribution in [0.25, 0.3) is 22.6 Å². The van der Waals surface area contributed by atoms with Crippen LogP contribution in [0.3, 0.4) is 0 Å². The van der Waals surface area contributed by atoms with Crippen molar-refractivity contribution >= 4 is 28.4 Å². The summed E-state index contributed by atoms with van der Waals surface area (Å²) < 4.78 is 35.3. The fourth-order valence-electron chi connectivity index (χ4n) is 4.41. The average Bonchev–Trinajstić information content (AvgIpc) is 3.20. The minimum atomic E-state index is -0.547. The molecule has 0 bridgehead atoms. The zero-order valence-electron chi connectivity index (χ0n) is 19.2. The number of nitrogens with zero attached hydrogens (tertiary/aromatic N) is 5. The number of nitrogens with two attached hydrogens (primary N) is 2. The number of nitrogens with one attached hydrogen (secondary N) is 1. The first-order chi connectivity index (χ1) is 16.9. The van der Waals surface area contributed by atoms with E-state index >= 15 is 0 Å². The fraction of sp³-hybridized carbons (Fsp3) is 0.333. The standard InChI is InChI=1S/C24H26F2N8O/c1-13(14-6-8-35-9-7-14)30-20-21(27)31-23(32-22(20)28)19-17-10-16(25)11-29-24(17)34(33-19)12-15-4-2-3-5-18(15)26/h2-5,10-11,13-14,30H,6-9,12H2,1H3,(H4,27,28,31,32). The summed E-state index contributed by atoms with van der Waals surface area (Å²) in [5, 5.41) is 8.25. The minimum Gasteiger partial charge on any atom is -0.382 e. The fourth-order valence-corrected chi connectivity index (χ4v) is 4.41. The molecule has 4 heterocycles. The summed E-state index contributed by atoms with van der Waals surface area (Å²) in [6.45, 7) is 3.61. The lowest BCUT2D eigenvalue weighted by molar-refractivity contribution is 0.0622. The zero-order chi connectivity index (χ0) is 24.5. The van der Waals surface area contributed by atoms with Crippen molar-refractivity contribution in [1.29, 1.82) is 0 Å². The van der Waals surface area contributed by atoms with Crippen LogP contribution in [0.5, 0.6) is 0 Å². The molecule has 0 saturated carbocycles. The Labute approximate surface area is 200 Å². The highest BCUT2D eigenvalue weighted by atomic mass is 19.1. The summed E-state index contributed by atoms with van der Waals surface area (Å²) in [6.07, 6.45) is 2.97. The number of benzene rings is 1. The maximum atomic E-state index is 14.3. The van der Waals surface area contributed by atoms with Crippen molar-refractivity contribution in [3.8, 4) is 11.5 Å². The highest BCUT2D eigenvalue weighted by Crippen LogP contribution is 2.32. The van der Waals surface area contributed by atoms with Gasteiger partial charge in [0.25, 0.3) is 0 Å². The van der Waals surface area contributed by atoms with Gasteiger partial charge in [-0.05, 0) is 37.8 Å². The van der Waals surface area contributed by atoms with Crippen molar-refractivity contribution in [2.75, 3.05) is 30.0 Å². The highest BCUT2D eigenvalue weighted by Gasteiger charge is 2.24. The first-order valence-corrected chi connectivity index (χ1v) is 11.4. The number of rotatable bonds is 6. The van der Waals surface area contributed by atoms with Crippen molar-refractivity contribution in [3.63, 3.8) is 0 Å². The number of aromatic nitrogens is 5. The predicted molar refractivity (Wildman–Crippen MR) is 129 cm³/mol. The van der Waals surface area contributed by atoms with Gasteiger partial charge < -0.3 is 21.5 Å². The lowest BCUT2D eigenvalue weighted by Crippen LogP contribution is -2.31. The highest BCUT2D eigenvalue weighted by molar-refractivity contribution is 5.90. The molecule has 5 N–H and O–H groups in total. The minimum absolute atomic E-state index is 0.0923. The SMILES string of the molecule is CC(Nc1c(N)nc(-c2nn(Cc3ccccc3F)c3ncc(F)cc23)nc1N)C1CCOCC1. The molecule has 0 spiro atoms. The molecule has 3 aromatic heterocycles. The second-order valence-corrected chi connectivity index (χ2v) is 8.70. The van der Waals surface area contributed by atoms with Crippen LogP contribution in [0.2, 0.25) is 0 Å². The molecule has 9 nitrogen and oxygen atoms in total. The van der Waals surface area contributed by atoms with Crippen molar-refractivity contribution in [3.05, 3.63) is 53.7 Å². The first kappa shape index (κ1) is 22.9. The molecule has 0 amide bonds. The van der Waals surface area contributed by atoms with E-state index in [1.807, 2.05) is 0 Å². The van der Waals surface area contributed by atoms with Gasteiger partial charge in [0.1, 0.15) is 23.0 Å². The molecule has 35 heavy (non-hydrogen) atoms. The van der Waals surface area contributed by atoms with E-state index in [4.69, 9.17) is 16.2 Å². The summed E-state index contributed by atoms with van der Waals surface area (Å²) in [5.41, 5.74) is 14.0. The van der Waals surface area contributed by atoms with Gasteiger partial charge in [-0.3, -0.25) is 0 Å². The van der Waals surface area contributed by atoms with E-state index in [0.29, 0.717) is 28.2 Å². The Balaban J connectivity index is 1.51. The molecule has 1 aromatic carbocycles. The Morgan fingerprint density at radius 2 is 1.86 bits per heavy atom. The summed E-state index contributed by atoms with van der Waals surface area (Å²) in [6, 6.07) is 7.74. The van der Waals surface area contributed by atoms with Crippen molar-refractivity contribution in [2.45, 2.75) is 32.4 Å². The first-order valence-electron chi connectivity index (χ1n) is 11.4. The largest absolute Gasteiger partial charge is 0.382 e. The van der Waals surface area contributed by atoms with Gasteiger partial charge in [0, 0.05) is 24.8 Å². The number of anilines is 3. The summed E-state index contributed by atoms with van der Waals surface area (Å²) in [7, 11) is 0. The second kappa shape index (κ2) is 9.41. The molecule has 0 aliphatic carbocycles. The molecule has 1 atom stereocenters. The number of ether oxygens (including phenoxy) is 1. The maximum absolute atomic E-state index is 14.3. The van der Waals surface area contributed by atoms with Crippen LogP contribution in [-0.4, -0.2) is 44.0 Å². The quantitative estimate of drug-likeness (QED) is 0.382. The topological polar surface area (TPSA) is 130 Å². The number of fused-ring (bicyclic) bond motifs is 1. The summed E-state index contributed by atoms with van der Waals surface area (Å²) in [5.74, 6) is -0.0595. The molecule has 1 unspecified atom stereocenters. The Morgan fingerprint density at radius 3 is 2.57 bits per heavy atom. The van der Waals surface area contributed by atoms with Crippen molar-refractivity contribution < 1.29 is 13.5 Å². The maximum Gasteiger partial charge on any atom is 0.184 e.